The fourth-order valence-electron chi connectivity index (χ4n) is 0.826. The van der Waals surface area contributed by atoms with Crippen LogP contribution in [0.5, 0.6) is 0 Å². The highest BCUT2D eigenvalue weighted by molar-refractivity contribution is 7.86. The molecule has 0 atom stereocenters. The molecule has 1 aromatic carbocycles. The maximum Gasteiger partial charge on any atom is 0.296 e. The Morgan fingerprint density at radius 3 is 2.23 bits per heavy atom. The fraction of sp³-hybridized carbons (Fsp3) is 0.143. The van der Waals surface area contributed by atoms with E-state index in [2.05, 4.69) is 0 Å². The maximum absolute atomic E-state index is 10.7. The minimum Gasteiger partial charge on any atom is -0.282 e. The van der Waals surface area contributed by atoms with E-state index in [9.17, 15) is 8.42 Å². The molecule has 13 heavy (non-hydrogen) atoms. The fourth-order valence-corrected chi connectivity index (χ4v) is 2.14. The van der Waals surface area contributed by atoms with Crippen LogP contribution < -0.4 is 0 Å². The van der Waals surface area contributed by atoms with Gasteiger partial charge in [0.15, 0.2) is 0 Å². The van der Waals surface area contributed by atoms with Crippen molar-refractivity contribution >= 4 is 33.3 Å². The van der Waals surface area contributed by atoms with Crippen LogP contribution in [-0.4, -0.2) is 13.0 Å². The summed E-state index contributed by atoms with van der Waals surface area (Å²) in [5, 5.41) is 0.210. The highest BCUT2D eigenvalue weighted by atomic mass is 35.5. The van der Waals surface area contributed by atoms with Gasteiger partial charge < -0.3 is 0 Å². The van der Waals surface area contributed by atoms with Gasteiger partial charge in [0.1, 0.15) is 4.90 Å². The van der Waals surface area contributed by atoms with Gasteiger partial charge in [0.2, 0.25) is 0 Å². The van der Waals surface area contributed by atoms with Gasteiger partial charge in [0.25, 0.3) is 10.1 Å². The summed E-state index contributed by atoms with van der Waals surface area (Å²) in [4.78, 5) is -0.371. The molecular formula is C7H6Cl2O3S. The SMILES string of the molecule is Cc1cc(Cl)c(S(=O)(=O)O)cc1Cl. The van der Waals surface area contributed by atoms with E-state index in [1.807, 2.05) is 0 Å². The molecule has 0 heterocycles. The predicted octanol–water partition coefficient (Wildman–Crippen LogP) is 2.55. The van der Waals surface area contributed by atoms with E-state index in [0.717, 1.165) is 6.07 Å². The Bertz CT molecular complexity index is 439. The predicted molar refractivity (Wildman–Crippen MR) is 51.0 cm³/mol. The molecule has 72 valence electrons. The van der Waals surface area contributed by atoms with Crippen molar-refractivity contribution < 1.29 is 13.0 Å². The van der Waals surface area contributed by atoms with Crippen LogP contribution in [0.3, 0.4) is 0 Å². The summed E-state index contributed by atoms with van der Waals surface area (Å²) in [7, 11) is -4.29. The Hall–Kier alpha value is -0.290. The van der Waals surface area contributed by atoms with E-state index >= 15 is 0 Å². The molecule has 3 nitrogen and oxygen atoms in total. The third kappa shape index (κ3) is 2.34. The van der Waals surface area contributed by atoms with Crippen molar-refractivity contribution in [3.63, 3.8) is 0 Å². The topological polar surface area (TPSA) is 54.4 Å². The first kappa shape index (κ1) is 10.8. The first-order valence-electron chi connectivity index (χ1n) is 3.25. The maximum atomic E-state index is 10.7. The van der Waals surface area contributed by atoms with Crippen molar-refractivity contribution in [3.05, 3.63) is 27.7 Å². The second-order valence-electron chi connectivity index (χ2n) is 2.51. The summed E-state index contributed by atoms with van der Waals surface area (Å²) < 4.78 is 30.2. The van der Waals surface area contributed by atoms with Crippen LogP contribution in [0, 0.1) is 6.92 Å². The Kier molecular flexibility index (Phi) is 2.87. The summed E-state index contributed by atoms with van der Waals surface area (Å²) in [6.07, 6.45) is 0. The molecule has 0 bridgehead atoms. The second-order valence-corrected chi connectivity index (χ2v) is 4.71. The van der Waals surface area contributed by atoms with Gasteiger partial charge in [-0.2, -0.15) is 8.42 Å². The van der Waals surface area contributed by atoms with E-state index in [1.54, 1.807) is 6.92 Å². The van der Waals surface area contributed by atoms with Crippen LogP contribution in [0.4, 0.5) is 0 Å². The molecule has 0 spiro atoms. The average Bonchev–Trinajstić information content (AvgIpc) is 1.94. The van der Waals surface area contributed by atoms with Crippen LogP contribution in [0.1, 0.15) is 5.56 Å². The molecule has 0 unspecified atom stereocenters. The Morgan fingerprint density at radius 1 is 1.23 bits per heavy atom. The third-order valence-corrected chi connectivity index (χ3v) is 3.22. The summed E-state index contributed by atoms with van der Waals surface area (Å²) in [5.74, 6) is 0. The number of aryl methyl sites for hydroxylation is 1. The minimum atomic E-state index is -4.29. The molecule has 0 aromatic heterocycles. The van der Waals surface area contributed by atoms with Crippen molar-refractivity contribution in [1.29, 1.82) is 0 Å². The van der Waals surface area contributed by atoms with Crippen molar-refractivity contribution in [2.24, 2.45) is 0 Å². The molecule has 0 radical (unpaired) electrons. The monoisotopic (exact) mass is 240 g/mol. The molecular weight excluding hydrogens is 235 g/mol. The number of hydrogen-bond donors (Lipinski definition) is 1. The van der Waals surface area contributed by atoms with E-state index < -0.39 is 10.1 Å². The van der Waals surface area contributed by atoms with Crippen LogP contribution in [-0.2, 0) is 10.1 Å². The van der Waals surface area contributed by atoms with Gasteiger partial charge in [-0.3, -0.25) is 4.55 Å². The lowest BCUT2D eigenvalue weighted by Crippen LogP contribution is -1.99. The minimum absolute atomic E-state index is 0.0376. The van der Waals surface area contributed by atoms with Crippen LogP contribution in [0.2, 0.25) is 10.0 Å². The highest BCUT2D eigenvalue weighted by Crippen LogP contribution is 2.27. The number of benzene rings is 1. The molecule has 1 aromatic rings. The normalized spacial score (nSPS) is 11.7. The van der Waals surface area contributed by atoms with Gasteiger partial charge in [0.05, 0.1) is 5.02 Å². The van der Waals surface area contributed by atoms with Crippen molar-refractivity contribution in [1.82, 2.24) is 0 Å². The molecule has 6 heteroatoms. The van der Waals surface area contributed by atoms with Gasteiger partial charge in [0, 0.05) is 5.02 Å². The van der Waals surface area contributed by atoms with E-state index in [-0.39, 0.29) is 14.9 Å². The zero-order valence-corrected chi connectivity index (χ0v) is 8.91. The van der Waals surface area contributed by atoms with E-state index in [1.165, 1.54) is 6.07 Å². The van der Waals surface area contributed by atoms with Crippen molar-refractivity contribution in [2.45, 2.75) is 11.8 Å². The Balaban J connectivity index is 3.50. The number of rotatable bonds is 1. The zero-order valence-electron chi connectivity index (χ0n) is 6.58. The summed E-state index contributed by atoms with van der Waals surface area (Å²) in [6, 6.07) is 2.50. The van der Waals surface area contributed by atoms with Gasteiger partial charge in [-0.05, 0) is 24.6 Å². The van der Waals surface area contributed by atoms with Crippen LogP contribution in [0.25, 0.3) is 0 Å². The number of hydrogen-bond acceptors (Lipinski definition) is 2. The van der Waals surface area contributed by atoms with Gasteiger partial charge in [-0.25, -0.2) is 0 Å². The van der Waals surface area contributed by atoms with Gasteiger partial charge in [-0.1, -0.05) is 23.2 Å². The molecule has 0 saturated carbocycles. The lowest BCUT2D eigenvalue weighted by atomic mass is 10.2. The van der Waals surface area contributed by atoms with Gasteiger partial charge in [-0.15, -0.1) is 0 Å². The number of halogens is 2. The van der Waals surface area contributed by atoms with E-state index in [0.29, 0.717) is 5.56 Å². The Morgan fingerprint density at radius 2 is 1.77 bits per heavy atom. The lowest BCUT2D eigenvalue weighted by molar-refractivity contribution is 0.483. The molecule has 1 N–H and O–H groups in total. The standard InChI is InChI=1S/C7H6Cl2O3S/c1-4-2-6(9)7(3-5(4)8)13(10,11)12/h2-3H,1H3,(H,10,11,12). The highest BCUT2D eigenvalue weighted by Gasteiger charge is 2.15. The lowest BCUT2D eigenvalue weighted by Gasteiger charge is -2.03. The molecule has 0 aliphatic carbocycles. The van der Waals surface area contributed by atoms with Crippen LogP contribution in [0.15, 0.2) is 17.0 Å². The molecule has 1 rings (SSSR count). The Labute approximate surface area is 86.0 Å². The first-order chi connectivity index (χ1) is 5.82. The quantitative estimate of drug-likeness (QED) is 0.768. The smallest absolute Gasteiger partial charge is 0.282 e. The molecule has 0 aliphatic rings. The summed E-state index contributed by atoms with van der Waals surface area (Å²) >= 11 is 11.2. The molecule has 0 aliphatic heterocycles. The van der Waals surface area contributed by atoms with Gasteiger partial charge >= 0.3 is 0 Å². The zero-order chi connectivity index (χ0) is 10.2. The third-order valence-electron chi connectivity index (χ3n) is 1.49. The van der Waals surface area contributed by atoms with Crippen molar-refractivity contribution in [2.75, 3.05) is 0 Å². The largest absolute Gasteiger partial charge is 0.296 e. The van der Waals surface area contributed by atoms with Crippen molar-refractivity contribution in [3.8, 4) is 0 Å². The average molecular weight is 241 g/mol. The summed E-state index contributed by atoms with van der Waals surface area (Å²) in [5.41, 5.74) is 0.652. The molecule has 0 saturated heterocycles. The van der Waals surface area contributed by atoms with Crippen LogP contribution >= 0.6 is 23.2 Å². The summed E-state index contributed by atoms with van der Waals surface area (Å²) in [6.45, 7) is 1.68. The molecule has 0 amide bonds. The van der Waals surface area contributed by atoms with E-state index in [4.69, 9.17) is 27.8 Å². The first-order valence-corrected chi connectivity index (χ1v) is 5.45. The molecule has 0 fully saturated rings. The second kappa shape index (κ2) is 3.46.